The second kappa shape index (κ2) is 7.70. The molecule has 1 atom stereocenters. The number of carboxylic acids is 1. The number of aromatic nitrogens is 3. The molecular weight excluding hydrogens is 280 g/mol. The highest BCUT2D eigenvalue weighted by Crippen LogP contribution is 2.15. The van der Waals surface area contributed by atoms with Crippen LogP contribution in [0.3, 0.4) is 0 Å². The number of hydrogen-bond donors (Lipinski definition) is 2. The molecule has 1 heterocycles. The van der Waals surface area contributed by atoms with Crippen LogP contribution in [-0.2, 0) is 11.3 Å². The third-order valence-electron chi connectivity index (χ3n) is 3.62. The van der Waals surface area contributed by atoms with Crippen LogP contribution in [0, 0.1) is 6.92 Å². The maximum Gasteiger partial charge on any atom is 0.320 e. The molecule has 0 bridgehead atoms. The quantitative estimate of drug-likeness (QED) is 0.782. The molecule has 22 heavy (non-hydrogen) atoms. The van der Waals surface area contributed by atoms with E-state index in [-0.39, 0.29) is 0 Å². The lowest BCUT2D eigenvalue weighted by Gasteiger charge is -2.15. The van der Waals surface area contributed by atoms with Crippen molar-refractivity contribution in [2.75, 3.05) is 0 Å². The van der Waals surface area contributed by atoms with Gasteiger partial charge in [-0.15, -0.1) is 0 Å². The van der Waals surface area contributed by atoms with Crippen LogP contribution >= 0.6 is 0 Å². The van der Waals surface area contributed by atoms with Gasteiger partial charge in [-0.05, 0) is 30.5 Å². The molecule has 6 heteroatoms. The van der Waals surface area contributed by atoms with Crippen LogP contribution in [0.15, 0.2) is 30.9 Å². The highest BCUT2D eigenvalue weighted by atomic mass is 16.4. The number of nitrogens with one attached hydrogen (secondary N) is 1. The van der Waals surface area contributed by atoms with E-state index in [1.165, 1.54) is 6.33 Å². The normalized spacial score (nSPS) is 12.3. The number of carbonyl (C=O) groups is 1. The predicted octanol–water partition coefficient (Wildman–Crippen LogP) is 2.31. The Morgan fingerprint density at radius 3 is 2.86 bits per heavy atom. The Morgan fingerprint density at radius 2 is 2.27 bits per heavy atom. The third-order valence-corrected chi connectivity index (χ3v) is 3.62. The van der Waals surface area contributed by atoms with E-state index in [9.17, 15) is 9.90 Å². The Balaban J connectivity index is 2.01. The van der Waals surface area contributed by atoms with Gasteiger partial charge in [-0.25, -0.2) is 9.67 Å². The molecule has 0 amide bonds. The van der Waals surface area contributed by atoms with Crippen molar-refractivity contribution in [1.82, 2.24) is 20.1 Å². The second-order valence-electron chi connectivity index (χ2n) is 5.37. The number of carboxylic acid groups (broad SMARTS) is 1. The Morgan fingerprint density at radius 1 is 1.45 bits per heavy atom. The van der Waals surface area contributed by atoms with Crippen molar-refractivity contribution in [2.24, 2.45) is 0 Å². The molecule has 0 aliphatic heterocycles. The molecule has 2 rings (SSSR count). The van der Waals surface area contributed by atoms with Crippen molar-refractivity contribution in [1.29, 1.82) is 0 Å². The first kappa shape index (κ1) is 16.2. The average molecular weight is 302 g/mol. The van der Waals surface area contributed by atoms with Crippen molar-refractivity contribution in [3.63, 3.8) is 0 Å². The second-order valence-corrected chi connectivity index (χ2v) is 5.37. The standard InChI is InChI=1S/C16H22N4O2/c1-3-4-5-14(16(21)22)18-9-13-6-7-15(12(2)8-13)20-11-17-10-19-20/h6-8,10-11,14,18H,3-5,9H2,1-2H3,(H,21,22). The van der Waals surface area contributed by atoms with Gasteiger partial charge in [0.1, 0.15) is 18.7 Å². The lowest BCUT2D eigenvalue weighted by atomic mass is 10.1. The van der Waals surface area contributed by atoms with Gasteiger partial charge in [-0.1, -0.05) is 31.9 Å². The van der Waals surface area contributed by atoms with E-state index in [2.05, 4.69) is 22.3 Å². The van der Waals surface area contributed by atoms with Crippen molar-refractivity contribution >= 4 is 5.97 Å². The van der Waals surface area contributed by atoms with Crippen molar-refractivity contribution in [3.05, 3.63) is 42.0 Å². The molecule has 1 aromatic heterocycles. The summed E-state index contributed by atoms with van der Waals surface area (Å²) in [5, 5.41) is 16.5. The van der Waals surface area contributed by atoms with Gasteiger partial charge in [-0.3, -0.25) is 4.79 Å². The largest absolute Gasteiger partial charge is 0.480 e. The summed E-state index contributed by atoms with van der Waals surface area (Å²) in [6.07, 6.45) is 5.72. The maximum atomic E-state index is 11.2. The van der Waals surface area contributed by atoms with Crippen LogP contribution < -0.4 is 5.32 Å². The minimum absolute atomic E-state index is 0.491. The van der Waals surface area contributed by atoms with Gasteiger partial charge in [0.05, 0.1) is 5.69 Å². The summed E-state index contributed by atoms with van der Waals surface area (Å²) < 4.78 is 1.72. The van der Waals surface area contributed by atoms with Crippen LogP contribution in [0.5, 0.6) is 0 Å². The zero-order chi connectivity index (χ0) is 15.9. The Bertz CT molecular complexity index is 611. The number of benzene rings is 1. The minimum Gasteiger partial charge on any atom is -0.480 e. The van der Waals surface area contributed by atoms with E-state index >= 15 is 0 Å². The van der Waals surface area contributed by atoms with Gasteiger partial charge in [0.2, 0.25) is 0 Å². The molecule has 0 aliphatic carbocycles. The van der Waals surface area contributed by atoms with Crippen molar-refractivity contribution in [2.45, 2.75) is 45.7 Å². The summed E-state index contributed by atoms with van der Waals surface area (Å²) in [7, 11) is 0. The fourth-order valence-electron chi connectivity index (χ4n) is 2.38. The molecule has 118 valence electrons. The van der Waals surface area contributed by atoms with Gasteiger partial charge in [-0.2, -0.15) is 5.10 Å². The van der Waals surface area contributed by atoms with E-state index in [4.69, 9.17) is 0 Å². The van der Waals surface area contributed by atoms with Crippen LogP contribution in [0.25, 0.3) is 5.69 Å². The molecule has 0 aliphatic rings. The summed E-state index contributed by atoms with van der Waals surface area (Å²) in [5.41, 5.74) is 3.11. The van der Waals surface area contributed by atoms with E-state index < -0.39 is 12.0 Å². The van der Waals surface area contributed by atoms with Gasteiger partial charge in [0.25, 0.3) is 0 Å². The molecule has 1 aromatic carbocycles. The van der Waals surface area contributed by atoms with Gasteiger partial charge < -0.3 is 10.4 Å². The summed E-state index contributed by atoms with van der Waals surface area (Å²) in [5.74, 6) is -0.788. The zero-order valence-electron chi connectivity index (χ0n) is 13.0. The third kappa shape index (κ3) is 4.14. The smallest absolute Gasteiger partial charge is 0.320 e. The highest BCUT2D eigenvalue weighted by Gasteiger charge is 2.15. The molecule has 6 nitrogen and oxygen atoms in total. The highest BCUT2D eigenvalue weighted by molar-refractivity contribution is 5.73. The molecule has 0 saturated carbocycles. The number of hydrogen-bond acceptors (Lipinski definition) is 4. The number of aliphatic carboxylic acids is 1. The SMILES string of the molecule is CCCCC(NCc1ccc(-n2cncn2)c(C)c1)C(=O)O. The van der Waals surface area contributed by atoms with E-state index in [0.717, 1.165) is 29.7 Å². The Kier molecular flexibility index (Phi) is 5.66. The first-order valence-electron chi connectivity index (χ1n) is 7.52. The fourth-order valence-corrected chi connectivity index (χ4v) is 2.38. The molecule has 0 fully saturated rings. The number of aryl methyl sites for hydroxylation is 1. The monoisotopic (exact) mass is 302 g/mol. The van der Waals surface area contributed by atoms with Crippen LogP contribution in [0.4, 0.5) is 0 Å². The van der Waals surface area contributed by atoms with Gasteiger partial charge in [0.15, 0.2) is 0 Å². The molecule has 2 aromatic rings. The van der Waals surface area contributed by atoms with Gasteiger partial charge >= 0.3 is 5.97 Å². The molecular formula is C16H22N4O2. The lowest BCUT2D eigenvalue weighted by molar-refractivity contribution is -0.139. The van der Waals surface area contributed by atoms with Gasteiger partial charge in [0, 0.05) is 6.54 Å². The fraction of sp³-hybridized carbons (Fsp3) is 0.438. The zero-order valence-corrected chi connectivity index (χ0v) is 13.0. The van der Waals surface area contributed by atoms with Crippen LogP contribution in [0.2, 0.25) is 0 Å². The summed E-state index contributed by atoms with van der Waals surface area (Å²) in [6, 6.07) is 5.51. The number of unbranched alkanes of at least 4 members (excludes halogenated alkanes) is 1. The molecule has 1 unspecified atom stereocenters. The maximum absolute atomic E-state index is 11.2. The van der Waals surface area contributed by atoms with Crippen molar-refractivity contribution in [3.8, 4) is 5.69 Å². The molecule has 0 radical (unpaired) electrons. The topological polar surface area (TPSA) is 80.0 Å². The number of nitrogens with zero attached hydrogens (tertiary/aromatic N) is 3. The average Bonchev–Trinajstić information content (AvgIpc) is 3.01. The first-order chi connectivity index (χ1) is 10.6. The summed E-state index contributed by atoms with van der Waals surface area (Å²) in [4.78, 5) is 15.2. The molecule has 2 N–H and O–H groups in total. The van der Waals surface area contributed by atoms with E-state index in [0.29, 0.717) is 13.0 Å². The first-order valence-corrected chi connectivity index (χ1v) is 7.52. The van der Waals surface area contributed by atoms with Crippen molar-refractivity contribution < 1.29 is 9.90 Å². The predicted molar refractivity (Wildman–Crippen MR) is 83.9 cm³/mol. The van der Waals surface area contributed by atoms with Crippen LogP contribution in [0.1, 0.15) is 37.3 Å². The van der Waals surface area contributed by atoms with E-state index in [1.54, 1.807) is 11.0 Å². The Labute approximate surface area is 130 Å². The van der Waals surface area contributed by atoms with Crippen LogP contribution in [-0.4, -0.2) is 31.9 Å². The molecule has 0 spiro atoms. The minimum atomic E-state index is -0.788. The Hall–Kier alpha value is -2.21. The number of rotatable bonds is 8. The van der Waals surface area contributed by atoms with E-state index in [1.807, 2.05) is 25.1 Å². The summed E-state index contributed by atoms with van der Waals surface area (Å²) >= 11 is 0. The molecule has 0 saturated heterocycles. The summed E-state index contributed by atoms with van der Waals surface area (Å²) in [6.45, 7) is 4.61. The lowest BCUT2D eigenvalue weighted by Crippen LogP contribution is -2.36.